The second kappa shape index (κ2) is 8.20. The molecule has 0 radical (unpaired) electrons. The van der Waals surface area contributed by atoms with Gasteiger partial charge in [0, 0.05) is 37.2 Å². The van der Waals surface area contributed by atoms with Crippen LogP contribution in [0.25, 0.3) is 16.3 Å². The van der Waals surface area contributed by atoms with Crippen LogP contribution in [0, 0.1) is 0 Å². The SMILES string of the molecule is CC(=O)N1/C(=C/c2nc3ccc(C(=O)N4CC(C)OC(C)C4)cc3s2)C(=O)c2ccccc21. The molecule has 1 saturated heterocycles. The third-order valence-electron chi connectivity index (χ3n) is 5.80. The number of morpholine rings is 1. The first-order valence-electron chi connectivity index (χ1n) is 10.8. The van der Waals surface area contributed by atoms with Crippen molar-refractivity contribution in [2.24, 2.45) is 0 Å². The number of amides is 2. The number of para-hydroxylation sites is 1. The highest BCUT2D eigenvalue weighted by Gasteiger charge is 2.34. The molecule has 0 spiro atoms. The molecule has 168 valence electrons. The second-order valence-electron chi connectivity index (χ2n) is 8.43. The summed E-state index contributed by atoms with van der Waals surface area (Å²) in [5.41, 5.74) is 2.72. The highest BCUT2D eigenvalue weighted by Crippen LogP contribution is 2.36. The molecule has 3 aromatic rings. The molecule has 1 fully saturated rings. The quantitative estimate of drug-likeness (QED) is 0.536. The van der Waals surface area contributed by atoms with Gasteiger partial charge in [0.2, 0.25) is 11.7 Å². The topological polar surface area (TPSA) is 79.8 Å². The number of hydrogen-bond acceptors (Lipinski definition) is 6. The van der Waals surface area contributed by atoms with Crippen molar-refractivity contribution in [3.05, 3.63) is 64.3 Å². The molecule has 0 aliphatic carbocycles. The molecule has 33 heavy (non-hydrogen) atoms. The van der Waals surface area contributed by atoms with Crippen LogP contribution in [0.2, 0.25) is 0 Å². The van der Waals surface area contributed by atoms with Crippen LogP contribution >= 0.6 is 11.3 Å². The van der Waals surface area contributed by atoms with Crippen LogP contribution in [0.3, 0.4) is 0 Å². The highest BCUT2D eigenvalue weighted by atomic mass is 32.1. The standard InChI is InChI=1S/C25H23N3O4S/c1-14-12-27(13-15(2)32-14)25(31)17-8-9-19-22(10-17)33-23(26-19)11-21-24(30)18-6-4-5-7-20(18)28(21)16(3)29/h4-11,14-15H,12-13H2,1-3H3/b21-11+. The van der Waals surface area contributed by atoms with Crippen molar-refractivity contribution in [2.75, 3.05) is 18.0 Å². The van der Waals surface area contributed by atoms with Crippen LogP contribution in [0.4, 0.5) is 5.69 Å². The van der Waals surface area contributed by atoms with Gasteiger partial charge in [0.1, 0.15) is 5.01 Å². The Kier molecular flexibility index (Phi) is 5.34. The van der Waals surface area contributed by atoms with Crippen LogP contribution in [0.5, 0.6) is 0 Å². The van der Waals surface area contributed by atoms with Crippen molar-refractivity contribution in [3.63, 3.8) is 0 Å². The van der Waals surface area contributed by atoms with E-state index in [1.165, 1.54) is 23.2 Å². The van der Waals surface area contributed by atoms with Crippen molar-refractivity contribution < 1.29 is 19.1 Å². The van der Waals surface area contributed by atoms with Crippen LogP contribution in [-0.2, 0) is 9.53 Å². The fourth-order valence-corrected chi connectivity index (χ4v) is 5.42. The molecule has 5 rings (SSSR count). The lowest BCUT2D eigenvalue weighted by Crippen LogP contribution is -2.48. The van der Waals surface area contributed by atoms with E-state index in [1.807, 2.05) is 30.9 Å². The molecule has 2 aliphatic rings. The predicted molar refractivity (Wildman–Crippen MR) is 127 cm³/mol. The van der Waals surface area contributed by atoms with Gasteiger partial charge in [-0.3, -0.25) is 19.3 Å². The second-order valence-corrected chi connectivity index (χ2v) is 9.49. The third kappa shape index (κ3) is 3.85. The lowest BCUT2D eigenvalue weighted by Gasteiger charge is -2.35. The summed E-state index contributed by atoms with van der Waals surface area (Å²) in [4.78, 5) is 46.2. The van der Waals surface area contributed by atoms with Crippen molar-refractivity contribution in [1.82, 2.24) is 9.88 Å². The van der Waals surface area contributed by atoms with Crippen molar-refractivity contribution in [2.45, 2.75) is 33.0 Å². The molecule has 1 aromatic heterocycles. The van der Waals surface area contributed by atoms with Gasteiger partial charge in [0.05, 0.1) is 33.8 Å². The van der Waals surface area contributed by atoms with E-state index in [0.29, 0.717) is 34.9 Å². The number of Topliss-reactive ketones (excluding diaryl/α,β-unsaturated/α-hetero) is 1. The predicted octanol–water partition coefficient (Wildman–Crippen LogP) is 4.14. The molecule has 0 saturated carbocycles. The zero-order valence-electron chi connectivity index (χ0n) is 18.6. The minimum Gasteiger partial charge on any atom is -0.372 e. The molecule has 2 aromatic carbocycles. The Balaban J connectivity index is 1.47. The monoisotopic (exact) mass is 461 g/mol. The summed E-state index contributed by atoms with van der Waals surface area (Å²) in [7, 11) is 0. The normalized spacial score (nSPS) is 21.7. The van der Waals surface area contributed by atoms with Gasteiger partial charge in [-0.05, 0) is 44.2 Å². The number of carbonyl (C=O) groups is 3. The fraction of sp³-hybridized carbons (Fsp3) is 0.280. The fourth-order valence-electron chi connectivity index (χ4n) is 4.48. The molecule has 0 N–H and O–H groups in total. The number of carbonyl (C=O) groups excluding carboxylic acids is 3. The first kappa shape index (κ1) is 21.5. The molecule has 3 heterocycles. The van der Waals surface area contributed by atoms with E-state index in [9.17, 15) is 14.4 Å². The third-order valence-corrected chi connectivity index (χ3v) is 6.76. The first-order chi connectivity index (χ1) is 15.8. The number of hydrogen-bond donors (Lipinski definition) is 0. The number of ether oxygens (including phenoxy) is 1. The molecule has 2 aliphatic heterocycles. The van der Waals surface area contributed by atoms with Crippen LogP contribution in [0.15, 0.2) is 48.2 Å². The number of thiazole rings is 1. The lowest BCUT2D eigenvalue weighted by atomic mass is 10.1. The van der Waals surface area contributed by atoms with Gasteiger partial charge >= 0.3 is 0 Å². The van der Waals surface area contributed by atoms with Gasteiger partial charge in [-0.2, -0.15) is 0 Å². The molecule has 7 nitrogen and oxygen atoms in total. The van der Waals surface area contributed by atoms with Crippen molar-refractivity contribution >= 4 is 50.9 Å². The van der Waals surface area contributed by atoms with E-state index in [0.717, 1.165) is 10.2 Å². The summed E-state index contributed by atoms with van der Waals surface area (Å²) in [6, 6.07) is 12.5. The Morgan fingerprint density at radius 1 is 1.12 bits per heavy atom. The van der Waals surface area contributed by atoms with Gasteiger partial charge in [0.25, 0.3) is 5.91 Å². The van der Waals surface area contributed by atoms with Crippen molar-refractivity contribution in [3.8, 4) is 0 Å². The molecule has 2 unspecified atom stereocenters. The average Bonchev–Trinajstić information content (AvgIpc) is 3.30. The van der Waals surface area contributed by atoms with E-state index in [-0.39, 0.29) is 35.5 Å². The molecule has 2 atom stereocenters. The Morgan fingerprint density at radius 3 is 2.58 bits per heavy atom. The number of allylic oxidation sites excluding steroid dienone is 1. The number of rotatable bonds is 2. The number of fused-ring (bicyclic) bond motifs is 2. The number of benzene rings is 2. The smallest absolute Gasteiger partial charge is 0.254 e. The van der Waals surface area contributed by atoms with E-state index in [4.69, 9.17) is 4.74 Å². The number of anilines is 1. The Labute approximate surface area is 195 Å². The maximum Gasteiger partial charge on any atom is 0.254 e. The maximum atomic E-state index is 13.1. The molecular weight excluding hydrogens is 438 g/mol. The summed E-state index contributed by atoms with van der Waals surface area (Å²) < 4.78 is 6.58. The number of ketones is 1. The van der Waals surface area contributed by atoms with Gasteiger partial charge in [-0.15, -0.1) is 11.3 Å². The molecule has 2 amide bonds. The summed E-state index contributed by atoms with van der Waals surface area (Å²) in [5, 5.41) is 0.602. The summed E-state index contributed by atoms with van der Waals surface area (Å²) in [5.74, 6) is -0.467. The summed E-state index contributed by atoms with van der Waals surface area (Å²) in [6.45, 7) is 6.49. The van der Waals surface area contributed by atoms with Gasteiger partial charge < -0.3 is 9.64 Å². The largest absolute Gasteiger partial charge is 0.372 e. The Bertz CT molecular complexity index is 1320. The van der Waals surface area contributed by atoms with Gasteiger partial charge in [-0.1, -0.05) is 12.1 Å². The zero-order valence-corrected chi connectivity index (χ0v) is 19.4. The van der Waals surface area contributed by atoms with Crippen LogP contribution < -0.4 is 4.90 Å². The van der Waals surface area contributed by atoms with E-state index < -0.39 is 0 Å². The van der Waals surface area contributed by atoms with E-state index in [2.05, 4.69) is 4.98 Å². The minimum atomic E-state index is -0.234. The van der Waals surface area contributed by atoms with Crippen LogP contribution in [0.1, 0.15) is 46.5 Å². The molecular formula is C25H23N3O4S. The Hall–Kier alpha value is -3.36. The first-order valence-corrected chi connectivity index (χ1v) is 11.6. The molecule has 0 bridgehead atoms. The Morgan fingerprint density at radius 2 is 1.85 bits per heavy atom. The van der Waals surface area contributed by atoms with E-state index >= 15 is 0 Å². The number of nitrogens with zero attached hydrogens (tertiary/aromatic N) is 3. The number of aromatic nitrogens is 1. The van der Waals surface area contributed by atoms with E-state index in [1.54, 1.807) is 36.4 Å². The van der Waals surface area contributed by atoms with Gasteiger partial charge in [-0.25, -0.2) is 4.98 Å². The molecule has 8 heteroatoms. The highest BCUT2D eigenvalue weighted by molar-refractivity contribution is 7.19. The maximum absolute atomic E-state index is 13.1. The summed E-state index contributed by atoms with van der Waals surface area (Å²) in [6.07, 6.45) is 1.65. The zero-order chi connectivity index (χ0) is 23.3. The van der Waals surface area contributed by atoms with Crippen molar-refractivity contribution in [1.29, 1.82) is 0 Å². The van der Waals surface area contributed by atoms with Crippen LogP contribution in [-0.4, -0.2) is 52.8 Å². The summed E-state index contributed by atoms with van der Waals surface area (Å²) >= 11 is 1.38. The average molecular weight is 462 g/mol. The lowest BCUT2D eigenvalue weighted by molar-refractivity contribution is -0.116. The van der Waals surface area contributed by atoms with Gasteiger partial charge in [0.15, 0.2) is 0 Å². The minimum absolute atomic E-state index is 0.000330.